The number of aliphatic hydroxyl groups is 1. The summed E-state index contributed by atoms with van der Waals surface area (Å²) in [5.41, 5.74) is 3.68. The van der Waals surface area contributed by atoms with Crippen molar-refractivity contribution in [2.75, 3.05) is 6.61 Å². The van der Waals surface area contributed by atoms with Crippen molar-refractivity contribution in [3.63, 3.8) is 0 Å². The zero-order chi connectivity index (χ0) is 17.9. The fraction of sp³-hybridized carbons (Fsp3) is 0.550. The summed E-state index contributed by atoms with van der Waals surface area (Å²) in [5, 5.41) is 10.5. The first-order valence-corrected chi connectivity index (χ1v) is 9.95. The van der Waals surface area contributed by atoms with Gasteiger partial charge in [0.2, 0.25) is 0 Å². The van der Waals surface area contributed by atoms with Crippen LogP contribution in [-0.2, 0) is 29.1 Å². The number of thioether (sulfide) groups is 1. The van der Waals surface area contributed by atoms with Crippen LogP contribution in [0.3, 0.4) is 0 Å². The van der Waals surface area contributed by atoms with E-state index in [1.165, 1.54) is 11.1 Å². The number of benzene rings is 1. The van der Waals surface area contributed by atoms with Crippen LogP contribution in [-0.4, -0.2) is 27.4 Å². The van der Waals surface area contributed by atoms with Gasteiger partial charge in [0.1, 0.15) is 0 Å². The minimum atomic E-state index is 0.0144. The van der Waals surface area contributed by atoms with Crippen LogP contribution in [0.2, 0.25) is 0 Å². The molecule has 1 aromatic heterocycles. The summed E-state index contributed by atoms with van der Waals surface area (Å²) in [5.74, 6) is 0.873. The summed E-state index contributed by atoms with van der Waals surface area (Å²) in [7, 11) is 0. The van der Waals surface area contributed by atoms with Gasteiger partial charge in [-0.3, -0.25) is 0 Å². The van der Waals surface area contributed by atoms with Gasteiger partial charge in [-0.15, -0.1) is 0 Å². The Bertz CT molecular complexity index is 683. The molecule has 1 fully saturated rings. The van der Waals surface area contributed by atoms with E-state index >= 15 is 0 Å². The van der Waals surface area contributed by atoms with Crippen molar-refractivity contribution in [1.82, 2.24) is 9.55 Å². The largest absolute Gasteiger partial charge is 0.390 e. The molecule has 1 N–H and O–H groups in total. The van der Waals surface area contributed by atoms with Crippen molar-refractivity contribution in [3.8, 4) is 0 Å². The highest BCUT2D eigenvalue weighted by Crippen LogP contribution is 2.27. The quantitative estimate of drug-likeness (QED) is 0.787. The third kappa shape index (κ3) is 4.66. The molecule has 0 amide bonds. The van der Waals surface area contributed by atoms with Crippen LogP contribution in [0.4, 0.5) is 0 Å². The van der Waals surface area contributed by atoms with Crippen molar-refractivity contribution in [1.29, 1.82) is 0 Å². The Morgan fingerprint density at radius 2 is 2.04 bits per heavy atom. The van der Waals surface area contributed by atoms with Gasteiger partial charge in [-0.2, -0.15) is 0 Å². The van der Waals surface area contributed by atoms with E-state index < -0.39 is 0 Å². The number of nitrogens with zero attached hydrogens (tertiary/aromatic N) is 2. The summed E-state index contributed by atoms with van der Waals surface area (Å²) in [6.45, 7) is 8.33. The number of hydrogen-bond donors (Lipinski definition) is 1. The van der Waals surface area contributed by atoms with Crippen molar-refractivity contribution < 1.29 is 9.84 Å². The fourth-order valence-electron chi connectivity index (χ4n) is 3.07. The zero-order valence-electron chi connectivity index (χ0n) is 15.4. The average Bonchev–Trinajstić information content (AvgIpc) is 3.23. The van der Waals surface area contributed by atoms with Crippen LogP contribution in [0.25, 0.3) is 0 Å². The Labute approximate surface area is 154 Å². The summed E-state index contributed by atoms with van der Waals surface area (Å²) < 4.78 is 7.86. The normalized spacial score (nSPS) is 18.0. The molecule has 5 heteroatoms. The minimum absolute atomic E-state index is 0.0144. The Balaban J connectivity index is 1.67. The van der Waals surface area contributed by atoms with Gasteiger partial charge in [0.05, 0.1) is 31.1 Å². The van der Waals surface area contributed by atoms with E-state index in [2.05, 4.69) is 54.6 Å². The van der Waals surface area contributed by atoms with Gasteiger partial charge in [0, 0.05) is 12.4 Å². The Morgan fingerprint density at radius 3 is 2.64 bits per heavy atom. The van der Waals surface area contributed by atoms with Crippen molar-refractivity contribution in [2.24, 2.45) is 0 Å². The molecule has 136 valence electrons. The van der Waals surface area contributed by atoms with Crippen LogP contribution < -0.4 is 0 Å². The molecule has 2 aromatic rings. The first-order chi connectivity index (χ1) is 12.0. The molecule has 1 saturated heterocycles. The number of ether oxygens (including phenoxy) is 1. The second kappa shape index (κ2) is 7.94. The number of aliphatic hydroxyl groups excluding tert-OH is 1. The number of rotatable bonds is 6. The van der Waals surface area contributed by atoms with Gasteiger partial charge >= 0.3 is 0 Å². The molecule has 2 heterocycles. The molecule has 0 bridgehead atoms. The molecule has 0 aliphatic carbocycles. The molecule has 0 spiro atoms. The molecule has 0 radical (unpaired) electrons. The minimum Gasteiger partial charge on any atom is -0.390 e. The van der Waals surface area contributed by atoms with Crippen LogP contribution in [0, 0.1) is 0 Å². The van der Waals surface area contributed by atoms with E-state index in [9.17, 15) is 5.11 Å². The Hall–Kier alpha value is -1.30. The Morgan fingerprint density at radius 1 is 1.28 bits per heavy atom. The van der Waals surface area contributed by atoms with Crippen molar-refractivity contribution in [2.45, 2.75) is 69.2 Å². The third-order valence-electron chi connectivity index (χ3n) is 4.66. The SMILES string of the molecule is CC(C)(C)c1ccc(CSc2ncc(CO)n2C[C@H]2CCCO2)cc1. The molecule has 0 unspecified atom stereocenters. The predicted octanol–water partition coefficient (Wildman–Crippen LogP) is 4.14. The van der Waals surface area contributed by atoms with Crippen molar-refractivity contribution in [3.05, 3.63) is 47.3 Å². The number of imidazole rings is 1. The van der Waals surface area contributed by atoms with Gasteiger partial charge in [-0.05, 0) is 29.4 Å². The molecule has 1 aliphatic heterocycles. The summed E-state index contributed by atoms with van der Waals surface area (Å²) >= 11 is 1.72. The lowest BCUT2D eigenvalue weighted by Gasteiger charge is -2.19. The fourth-order valence-corrected chi connectivity index (χ4v) is 4.03. The highest BCUT2D eigenvalue weighted by molar-refractivity contribution is 7.98. The molecule has 1 aliphatic rings. The lowest BCUT2D eigenvalue weighted by molar-refractivity contribution is 0.0930. The smallest absolute Gasteiger partial charge is 0.168 e. The van der Waals surface area contributed by atoms with E-state index in [4.69, 9.17) is 4.74 Å². The summed E-state index contributed by atoms with van der Waals surface area (Å²) in [6, 6.07) is 8.84. The monoisotopic (exact) mass is 360 g/mol. The molecule has 0 saturated carbocycles. The second-order valence-electron chi connectivity index (χ2n) is 7.67. The van der Waals surface area contributed by atoms with Crippen LogP contribution >= 0.6 is 11.8 Å². The van der Waals surface area contributed by atoms with Gasteiger partial charge in [0.25, 0.3) is 0 Å². The third-order valence-corrected chi connectivity index (χ3v) is 5.72. The zero-order valence-corrected chi connectivity index (χ0v) is 16.2. The maximum absolute atomic E-state index is 9.59. The van der Waals surface area contributed by atoms with E-state index in [0.29, 0.717) is 0 Å². The molecule has 3 rings (SSSR count). The molecule has 1 atom stereocenters. The standard InChI is InChI=1S/C20H28N2O2S/c1-20(2,3)16-8-6-15(7-9-16)14-25-19-21-11-17(13-23)22(19)12-18-5-4-10-24-18/h6-9,11,18,23H,4-5,10,12-14H2,1-3H3/t18-/m1/s1. The first kappa shape index (κ1) is 18.5. The molecular formula is C20H28N2O2S. The highest BCUT2D eigenvalue weighted by atomic mass is 32.2. The molecule has 4 nitrogen and oxygen atoms in total. The lowest BCUT2D eigenvalue weighted by Crippen LogP contribution is -2.17. The van der Waals surface area contributed by atoms with Gasteiger partial charge in [-0.25, -0.2) is 4.98 Å². The van der Waals surface area contributed by atoms with Gasteiger partial charge < -0.3 is 14.4 Å². The van der Waals surface area contributed by atoms with Gasteiger partial charge in [-0.1, -0.05) is 56.8 Å². The highest BCUT2D eigenvalue weighted by Gasteiger charge is 2.20. The van der Waals surface area contributed by atoms with Crippen LogP contribution in [0.1, 0.15) is 50.4 Å². The summed E-state index contributed by atoms with van der Waals surface area (Å²) in [6.07, 6.45) is 4.22. The maximum Gasteiger partial charge on any atom is 0.168 e. The molecule has 1 aromatic carbocycles. The first-order valence-electron chi connectivity index (χ1n) is 8.96. The summed E-state index contributed by atoms with van der Waals surface area (Å²) in [4.78, 5) is 4.51. The number of aromatic nitrogens is 2. The van der Waals surface area contributed by atoms with E-state index in [1.807, 2.05) is 0 Å². The lowest BCUT2D eigenvalue weighted by atomic mass is 9.87. The van der Waals surface area contributed by atoms with E-state index in [0.717, 1.165) is 42.6 Å². The molecule has 25 heavy (non-hydrogen) atoms. The van der Waals surface area contributed by atoms with Crippen LogP contribution in [0.5, 0.6) is 0 Å². The predicted molar refractivity (Wildman–Crippen MR) is 102 cm³/mol. The number of hydrogen-bond acceptors (Lipinski definition) is 4. The van der Waals surface area contributed by atoms with Gasteiger partial charge in [0.15, 0.2) is 5.16 Å². The second-order valence-corrected chi connectivity index (χ2v) is 8.61. The van der Waals surface area contributed by atoms with Crippen molar-refractivity contribution >= 4 is 11.8 Å². The molecular weight excluding hydrogens is 332 g/mol. The van der Waals surface area contributed by atoms with E-state index in [-0.39, 0.29) is 18.1 Å². The van der Waals surface area contributed by atoms with E-state index in [1.54, 1.807) is 18.0 Å². The topological polar surface area (TPSA) is 47.3 Å². The maximum atomic E-state index is 9.59. The van der Waals surface area contributed by atoms with Crippen LogP contribution in [0.15, 0.2) is 35.6 Å². The Kier molecular flexibility index (Phi) is 5.87. The average molecular weight is 361 g/mol.